The van der Waals surface area contributed by atoms with E-state index in [1.165, 1.54) is 18.4 Å². The molecule has 0 bridgehead atoms. The van der Waals surface area contributed by atoms with Gasteiger partial charge in [-0.25, -0.2) is 9.48 Å². The molecular formula is C13H11N3O2S. The number of esters is 1. The van der Waals surface area contributed by atoms with Crippen LogP contribution in [0.5, 0.6) is 0 Å². The number of thiophene rings is 1. The minimum absolute atomic E-state index is 0.339. The van der Waals surface area contributed by atoms with E-state index in [2.05, 4.69) is 10.3 Å². The molecule has 1 aromatic carbocycles. The maximum atomic E-state index is 11.5. The summed E-state index contributed by atoms with van der Waals surface area (Å²) < 4.78 is 6.50. The Hall–Kier alpha value is -2.21. The number of fused-ring (bicyclic) bond motifs is 1. The van der Waals surface area contributed by atoms with E-state index in [4.69, 9.17) is 4.74 Å². The number of ether oxygens (including phenoxy) is 1. The number of nitrogens with zero attached hydrogens (tertiary/aromatic N) is 3. The molecule has 96 valence electrons. The van der Waals surface area contributed by atoms with Gasteiger partial charge < -0.3 is 4.74 Å². The van der Waals surface area contributed by atoms with Crippen LogP contribution in [0.3, 0.4) is 0 Å². The molecule has 0 atom stereocenters. The van der Waals surface area contributed by atoms with E-state index in [1.807, 2.05) is 30.3 Å². The SMILES string of the molecule is COC(=O)c1cc2nnn(Cc3ccccc3)c2s1. The predicted molar refractivity (Wildman–Crippen MR) is 72.3 cm³/mol. The molecule has 3 rings (SSSR count). The van der Waals surface area contributed by atoms with Gasteiger partial charge in [0.2, 0.25) is 0 Å². The molecular weight excluding hydrogens is 262 g/mol. The van der Waals surface area contributed by atoms with Gasteiger partial charge in [-0.1, -0.05) is 35.5 Å². The molecule has 0 N–H and O–H groups in total. The number of hydrogen-bond donors (Lipinski definition) is 0. The lowest BCUT2D eigenvalue weighted by Gasteiger charge is -2.00. The molecule has 2 aromatic heterocycles. The van der Waals surface area contributed by atoms with Crippen molar-refractivity contribution in [3.63, 3.8) is 0 Å². The summed E-state index contributed by atoms with van der Waals surface area (Å²) in [4.78, 5) is 12.9. The quantitative estimate of drug-likeness (QED) is 0.687. The predicted octanol–water partition coefficient (Wildman–Crippen LogP) is 2.33. The van der Waals surface area contributed by atoms with E-state index in [1.54, 1.807) is 10.7 Å². The fourth-order valence-corrected chi connectivity index (χ4v) is 2.79. The highest BCUT2D eigenvalue weighted by Gasteiger charge is 2.15. The number of hydrogen-bond acceptors (Lipinski definition) is 5. The molecule has 2 heterocycles. The van der Waals surface area contributed by atoms with E-state index in [0.29, 0.717) is 11.4 Å². The Balaban J connectivity index is 1.96. The fraction of sp³-hybridized carbons (Fsp3) is 0.154. The monoisotopic (exact) mass is 273 g/mol. The molecule has 3 aromatic rings. The van der Waals surface area contributed by atoms with E-state index < -0.39 is 0 Å². The van der Waals surface area contributed by atoms with Gasteiger partial charge in [0.05, 0.1) is 13.7 Å². The van der Waals surface area contributed by atoms with Gasteiger partial charge in [-0.05, 0) is 11.6 Å². The van der Waals surface area contributed by atoms with Crippen LogP contribution in [0.4, 0.5) is 0 Å². The zero-order valence-electron chi connectivity index (χ0n) is 10.2. The van der Waals surface area contributed by atoms with Crippen molar-refractivity contribution in [3.8, 4) is 0 Å². The normalized spacial score (nSPS) is 10.8. The molecule has 0 aliphatic heterocycles. The molecule has 5 nitrogen and oxygen atoms in total. The lowest BCUT2D eigenvalue weighted by Crippen LogP contribution is -2.01. The number of rotatable bonds is 3. The van der Waals surface area contributed by atoms with Crippen LogP contribution in [0, 0.1) is 0 Å². The van der Waals surface area contributed by atoms with E-state index in [9.17, 15) is 4.79 Å². The Labute approximate surface area is 113 Å². The second-order valence-corrected chi connectivity index (χ2v) is 5.06. The number of carbonyl (C=O) groups excluding carboxylic acids is 1. The summed E-state index contributed by atoms with van der Waals surface area (Å²) in [6, 6.07) is 11.7. The Morgan fingerprint density at radius 2 is 2.16 bits per heavy atom. The lowest BCUT2D eigenvalue weighted by atomic mass is 10.2. The molecule has 0 unspecified atom stereocenters. The smallest absolute Gasteiger partial charge is 0.348 e. The molecule has 19 heavy (non-hydrogen) atoms. The topological polar surface area (TPSA) is 57.0 Å². The first-order valence-corrected chi connectivity index (χ1v) is 6.55. The van der Waals surface area contributed by atoms with Crippen molar-refractivity contribution in [2.45, 2.75) is 6.54 Å². The summed E-state index contributed by atoms with van der Waals surface area (Å²) in [5.41, 5.74) is 1.86. The van der Waals surface area contributed by atoms with Crippen molar-refractivity contribution in [2.24, 2.45) is 0 Å². The third-order valence-electron chi connectivity index (χ3n) is 2.75. The highest BCUT2D eigenvalue weighted by molar-refractivity contribution is 7.20. The molecule has 0 aliphatic rings. The van der Waals surface area contributed by atoms with Crippen LogP contribution < -0.4 is 0 Å². The van der Waals surface area contributed by atoms with Crippen LogP contribution in [0.15, 0.2) is 36.4 Å². The highest BCUT2D eigenvalue weighted by Crippen LogP contribution is 2.24. The van der Waals surface area contributed by atoms with Crippen molar-refractivity contribution in [1.29, 1.82) is 0 Å². The van der Waals surface area contributed by atoms with E-state index >= 15 is 0 Å². The zero-order chi connectivity index (χ0) is 13.2. The molecule has 0 radical (unpaired) electrons. The molecule has 0 amide bonds. The van der Waals surface area contributed by atoms with Crippen molar-refractivity contribution < 1.29 is 9.53 Å². The third kappa shape index (κ3) is 2.22. The maximum Gasteiger partial charge on any atom is 0.348 e. The largest absolute Gasteiger partial charge is 0.465 e. The number of aromatic nitrogens is 3. The second kappa shape index (κ2) is 4.81. The Morgan fingerprint density at radius 1 is 1.37 bits per heavy atom. The molecule has 0 saturated heterocycles. The molecule has 0 aliphatic carbocycles. The van der Waals surface area contributed by atoms with Gasteiger partial charge in [0.15, 0.2) is 0 Å². The van der Waals surface area contributed by atoms with Crippen LogP contribution in [0.2, 0.25) is 0 Å². The summed E-state index contributed by atoms with van der Waals surface area (Å²) in [7, 11) is 1.37. The summed E-state index contributed by atoms with van der Waals surface area (Å²) in [5, 5.41) is 8.17. The van der Waals surface area contributed by atoms with Gasteiger partial charge in [-0.2, -0.15) is 0 Å². The lowest BCUT2D eigenvalue weighted by molar-refractivity contribution is 0.0606. The van der Waals surface area contributed by atoms with E-state index in [-0.39, 0.29) is 5.97 Å². The van der Waals surface area contributed by atoms with Gasteiger partial charge in [0.25, 0.3) is 0 Å². The van der Waals surface area contributed by atoms with Gasteiger partial charge in [0.1, 0.15) is 15.2 Å². The minimum Gasteiger partial charge on any atom is -0.465 e. The molecule has 6 heteroatoms. The van der Waals surface area contributed by atoms with Crippen molar-refractivity contribution >= 4 is 27.7 Å². The van der Waals surface area contributed by atoms with Crippen LogP contribution in [-0.2, 0) is 11.3 Å². The van der Waals surface area contributed by atoms with E-state index in [0.717, 1.165) is 15.9 Å². The molecule has 0 saturated carbocycles. The van der Waals surface area contributed by atoms with Gasteiger partial charge >= 0.3 is 5.97 Å². The van der Waals surface area contributed by atoms with Gasteiger partial charge in [-0.15, -0.1) is 16.4 Å². The standard InChI is InChI=1S/C13H11N3O2S/c1-18-13(17)11-7-10-12(19-11)16(15-14-10)8-9-5-3-2-4-6-9/h2-7H,8H2,1H3. The summed E-state index contributed by atoms with van der Waals surface area (Å²) in [6.07, 6.45) is 0. The maximum absolute atomic E-state index is 11.5. The van der Waals surface area contributed by atoms with Crippen molar-refractivity contribution in [1.82, 2.24) is 15.0 Å². The molecule has 0 fully saturated rings. The fourth-order valence-electron chi connectivity index (χ4n) is 1.83. The summed E-state index contributed by atoms with van der Waals surface area (Å²) >= 11 is 1.35. The number of methoxy groups -OCH3 is 1. The van der Waals surface area contributed by atoms with Crippen LogP contribution >= 0.6 is 11.3 Å². The molecule has 0 spiro atoms. The zero-order valence-corrected chi connectivity index (χ0v) is 11.1. The van der Waals surface area contributed by atoms with Crippen LogP contribution in [-0.4, -0.2) is 28.1 Å². The third-order valence-corrected chi connectivity index (χ3v) is 3.87. The van der Waals surface area contributed by atoms with Crippen molar-refractivity contribution in [3.05, 3.63) is 46.8 Å². The first-order chi connectivity index (χ1) is 9.28. The Bertz CT molecular complexity index is 718. The van der Waals surface area contributed by atoms with Gasteiger partial charge in [-0.3, -0.25) is 0 Å². The average Bonchev–Trinajstić information content (AvgIpc) is 3.01. The minimum atomic E-state index is -0.339. The summed E-state index contributed by atoms with van der Waals surface area (Å²) in [5.74, 6) is -0.339. The second-order valence-electron chi connectivity index (χ2n) is 4.03. The number of benzene rings is 1. The number of carbonyl (C=O) groups is 1. The Kier molecular flexibility index (Phi) is 3.00. The van der Waals surface area contributed by atoms with Gasteiger partial charge in [0, 0.05) is 0 Å². The summed E-state index contributed by atoms with van der Waals surface area (Å²) in [6.45, 7) is 0.637. The van der Waals surface area contributed by atoms with Crippen molar-refractivity contribution in [2.75, 3.05) is 7.11 Å². The van der Waals surface area contributed by atoms with Crippen LogP contribution in [0.25, 0.3) is 10.3 Å². The average molecular weight is 273 g/mol. The van der Waals surface area contributed by atoms with Crippen LogP contribution in [0.1, 0.15) is 15.2 Å². The first kappa shape index (κ1) is 11.9. The first-order valence-electron chi connectivity index (χ1n) is 5.73. The highest BCUT2D eigenvalue weighted by atomic mass is 32.1. The Morgan fingerprint density at radius 3 is 2.89 bits per heavy atom.